The van der Waals surface area contributed by atoms with Crippen LogP contribution in [-0.4, -0.2) is 36.2 Å². The molecule has 1 rings (SSSR count). The average molecular weight is 420 g/mol. The van der Waals surface area contributed by atoms with E-state index in [2.05, 4.69) is 9.47 Å². The molecule has 14 heteroatoms. The van der Waals surface area contributed by atoms with Crippen LogP contribution in [0.25, 0.3) is 0 Å². The molecule has 0 heterocycles. The molecule has 0 saturated heterocycles. The van der Waals surface area contributed by atoms with Crippen LogP contribution in [0.2, 0.25) is 0 Å². The minimum atomic E-state index is -7.25. The van der Waals surface area contributed by atoms with Gasteiger partial charge in [0, 0.05) is 0 Å². The molecule has 1 atom stereocenters. The second kappa shape index (κ2) is 7.13. The third kappa shape index (κ3) is 4.59. The predicted octanol–water partition coefficient (Wildman–Crippen LogP) is 4.76. The van der Waals surface area contributed by atoms with Crippen LogP contribution in [0, 0.1) is 0 Å². The monoisotopic (exact) mass is 420 g/mol. The van der Waals surface area contributed by atoms with E-state index in [1.54, 1.807) is 0 Å². The fourth-order valence-electron chi connectivity index (χ4n) is 1.44. The Morgan fingerprint density at radius 3 is 1.67 bits per heavy atom. The van der Waals surface area contributed by atoms with Gasteiger partial charge in [-0.1, -0.05) is 30.3 Å². The molecular weight excluding hydrogens is 413 g/mol. The molecule has 0 bridgehead atoms. The van der Waals surface area contributed by atoms with Gasteiger partial charge in [-0.25, -0.2) is 4.79 Å². The molecule has 0 aromatic heterocycles. The summed E-state index contributed by atoms with van der Waals surface area (Å²) < 4.78 is 145. The van der Waals surface area contributed by atoms with E-state index in [9.17, 15) is 53.1 Å². The first-order chi connectivity index (χ1) is 12.0. The average Bonchev–Trinajstić information content (AvgIpc) is 2.50. The second-order valence-electron chi connectivity index (χ2n) is 4.85. The Bertz CT molecular complexity index is 654. The second-order valence-corrected chi connectivity index (χ2v) is 4.85. The Hall–Kier alpha value is -2.12. The van der Waals surface area contributed by atoms with E-state index in [0.717, 1.165) is 12.1 Å². The number of hydrogen-bond donors (Lipinski definition) is 0. The molecule has 0 fully saturated rings. The van der Waals surface area contributed by atoms with E-state index >= 15 is 0 Å². The smallest absolute Gasteiger partial charge is 0.456 e. The number of rotatable bonds is 6. The van der Waals surface area contributed by atoms with Gasteiger partial charge in [0.25, 0.3) is 0 Å². The highest BCUT2D eigenvalue weighted by atomic mass is 19.4. The maximum absolute atomic E-state index is 13.8. The first kappa shape index (κ1) is 22.9. The highest BCUT2D eigenvalue weighted by Crippen LogP contribution is 2.51. The van der Waals surface area contributed by atoms with Crippen molar-refractivity contribution < 1.29 is 62.6 Å². The summed E-state index contributed by atoms with van der Waals surface area (Å²) in [5.41, 5.74) is -0.0808. The van der Waals surface area contributed by atoms with Gasteiger partial charge in [0.2, 0.25) is 0 Å². The number of ether oxygens (including phenoxy) is 2. The van der Waals surface area contributed by atoms with Gasteiger partial charge in [0.05, 0.1) is 0 Å². The van der Waals surface area contributed by atoms with Crippen molar-refractivity contribution in [3.8, 4) is 0 Å². The molecule has 154 valence electrons. The molecule has 0 aliphatic rings. The van der Waals surface area contributed by atoms with E-state index in [1.165, 1.54) is 18.2 Å². The van der Waals surface area contributed by atoms with Crippen molar-refractivity contribution in [3.63, 3.8) is 0 Å². The zero-order chi connectivity index (χ0) is 21.3. The van der Waals surface area contributed by atoms with Crippen LogP contribution < -0.4 is 0 Å². The fourth-order valence-corrected chi connectivity index (χ4v) is 1.44. The molecular formula is C13H7F11O3. The molecule has 0 amide bonds. The van der Waals surface area contributed by atoms with E-state index in [0.29, 0.717) is 0 Å². The predicted molar refractivity (Wildman–Crippen MR) is 63.2 cm³/mol. The molecule has 0 radical (unpaired) electrons. The Morgan fingerprint density at radius 2 is 1.26 bits per heavy atom. The van der Waals surface area contributed by atoms with Gasteiger partial charge < -0.3 is 4.74 Å². The molecule has 1 unspecified atom stereocenters. The van der Waals surface area contributed by atoms with Crippen molar-refractivity contribution in [1.29, 1.82) is 0 Å². The summed E-state index contributed by atoms with van der Waals surface area (Å²) in [6.07, 6.45) is -21.0. The van der Waals surface area contributed by atoms with Crippen LogP contribution in [0.3, 0.4) is 0 Å². The van der Waals surface area contributed by atoms with Crippen molar-refractivity contribution in [2.45, 2.75) is 36.8 Å². The van der Waals surface area contributed by atoms with Crippen molar-refractivity contribution in [1.82, 2.24) is 0 Å². The third-order valence-electron chi connectivity index (χ3n) is 2.83. The van der Waals surface area contributed by atoms with Crippen LogP contribution in [0.15, 0.2) is 30.3 Å². The molecule has 0 saturated carbocycles. The Morgan fingerprint density at radius 1 is 0.778 bits per heavy atom. The minimum absolute atomic E-state index is 0.0808. The van der Waals surface area contributed by atoms with Gasteiger partial charge in [0.15, 0.2) is 0 Å². The maximum atomic E-state index is 13.8. The zero-order valence-electron chi connectivity index (χ0n) is 12.5. The lowest BCUT2D eigenvalue weighted by Gasteiger charge is -2.33. The van der Waals surface area contributed by atoms with Crippen LogP contribution >= 0.6 is 0 Å². The van der Waals surface area contributed by atoms with Gasteiger partial charge in [-0.2, -0.15) is 48.3 Å². The summed E-state index contributed by atoms with van der Waals surface area (Å²) >= 11 is 0. The molecule has 0 spiro atoms. The number of carbonyl (C=O) groups excluding carboxylic acids is 1. The lowest BCUT2D eigenvalue weighted by Crippen LogP contribution is -2.61. The van der Waals surface area contributed by atoms with Gasteiger partial charge in [-0.05, 0) is 5.56 Å². The van der Waals surface area contributed by atoms with E-state index in [1.807, 2.05) is 0 Å². The van der Waals surface area contributed by atoms with E-state index < -0.39 is 42.8 Å². The SMILES string of the molecule is O=C(OCc1ccccc1)C(F)(OC(F)(F)C(F)(F)C(F)(F)F)C(F)(F)F. The van der Waals surface area contributed by atoms with E-state index in [-0.39, 0.29) is 5.56 Å². The minimum Gasteiger partial charge on any atom is -0.456 e. The van der Waals surface area contributed by atoms with E-state index in [4.69, 9.17) is 0 Å². The molecule has 0 aliphatic heterocycles. The zero-order valence-corrected chi connectivity index (χ0v) is 12.5. The van der Waals surface area contributed by atoms with Crippen LogP contribution in [0.4, 0.5) is 48.3 Å². The first-order valence-electron chi connectivity index (χ1n) is 6.45. The topological polar surface area (TPSA) is 35.5 Å². The molecule has 0 aliphatic carbocycles. The highest BCUT2D eigenvalue weighted by molar-refractivity contribution is 5.78. The maximum Gasteiger partial charge on any atom is 0.462 e. The lowest BCUT2D eigenvalue weighted by atomic mass is 10.2. The molecule has 27 heavy (non-hydrogen) atoms. The van der Waals surface area contributed by atoms with Gasteiger partial charge in [-0.15, -0.1) is 0 Å². The standard InChI is InChI=1S/C13H7F11O3/c14-9(11(17,18)19,8(25)26-6-7-4-2-1-3-5-7)27-13(23,24)10(15,16)12(20,21)22/h1-5H,6H2. The fraction of sp³-hybridized carbons (Fsp3) is 0.462. The Kier molecular flexibility index (Phi) is 6.05. The highest BCUT2D eigenvalue weighted by Gasteiger charge is 2.80. The van der Waals surface area contributed by atoms with Crippen molar-refractivity contribution >= 4 is 5.97 Å². The summed E-state index contributed by atoms with van der Waals surface area (Å²) in [4.78, 5) is 11.2. The number of halogens is 11. The summed E-state index contributed by atoms with van der Waals surface area (Å²) in [6, 6.07) is 6.24. The van der Waals surface area contributed by atoms with Crippen molar-refractivity contribution in [3.05, 3.63) is 35.9 Å². The summed E-state index contributed by atoms with van der Waals surface area (Å²) in [5.74, 6) is -16.8. The Balaban J connectivity index is 3.15. The molecule has 3 nitrogen and oxygen atoms in total. The first-order valence-corrected chi connectivity index (χ1v) is 6.45. The van der Waals surface area contributed by atoms with Gasteiger partial charge >= 0.3 is 36.2 Å². The molecule has 1 aromatic carbocycles. The normalized spacial score (nSPS) is 16.0. The summed E-state index contributed by atoms with van der Waals surface area (Å²) in [6.45, 7) is -1.15. The van der Waals surface area contributed by atoms with Crippen LogP contribution in [0.1, 0.15) is 5.56 Å². The van der Waals surface area contributed by atoms with Crippen molar-refractivity contribution in [2.75, 3.05) is 0 Å². The number of alkyl halides is 11. The number of esters is 1. The third-order valence-corrected chi connectivity index (χ3v) is 2.83. The quantitative estimate of drug-likeness (QED) is 0.492. The summed E-state index contributed by atoms with van der Waals surface area (Å²) in [7, 11) is 0. The lowest BCUT2D eigenvalue weighted by molar-refractivity contribution is -0.475. The van der Waals surface area contributed by atoms with Gasteiger partial charge in [0.1, 0.15) is 6.61 Å². The Labute approximate surface area is 142 Å². The summed E-state index contributed by atoms with van der Waals surface area (Å²) in [5, 5.41) is 0. The number of hydrogen-bond acceptors (Lipinski definition) is 3. The number of benzene rings is 1. The van der Waals surface area contributed by atoms with Gasteiger partial charge in [-0.3, -0.25) is 4.74 Å². The largest absolute Gasteiger partial charge is 0.462 e. The van der Waals surface area contributed by atoms with Crippen molar-refractivity contribution in [2.24, 2.45) is 0 Å². The van der Waals surface area contributed by atoms with Crippen LogP contribution in [0.5, 0.6) is 0 Å². The molecule has 0 N–H and O–H groups in total. The molecule has 1 aromatic rings. The number of carbonyl (C=O) groups is 1. The van der Waals surface area contributed by atoms with Crippen LogP contribution in [-0.2, 0) is 20.9 Å².